The Morgan fingerprint density at radius 3 is 2.50 bits per heavy atom. The van der Waals surface area contributed by atoms with Crippen LogP contribution in [0.25, 0.3) is 0 Å². The van der Waals surface area contributed by atoms with E-state index >= 15 is 0 Å². The van der Waals surface area contributed by atoms with Gasteiger partial charge in [0.25, 0.3) is 0 Å². The summed E-state index contributed by atoms with van der Waals surface area (Å²) >= 11 is 0. The zero-order valence-electron chi connectivity index (χ0n) is 9.00. The maximum absolute atomic E-state index is 9.24. The van der Waals surface area contributed by atoms with Gasteiger partial charge in [-0.15, -0.1) is 0 Å². The van der Waals surface area contributed by atoms with Gasteiger partial charge in [0.05, 0.1) is 0 Å². The molecular formula is C10H15BO3. The van der Waals surface area contributed by atoms with Crippen LogP contribution in [0.4, 0.5) is 0 Å². The number of allylic oxidation sites excluding steroid dienone is 3. The normalized spacial score (nSPS) is 27.1. The van der Waals surface area contributed by atoms with Crippen LogP contribution in [0.15, 0.2) is 23.7 Å². The van der Waals surface area contributed by atoms with Crippen molar-refractivity contribution in [2.75, 3.05) is 0 Å². The van der Waals surface area contributed by atoms with Crippen LogP contribution in [0.2, 0.25) is 0 Å². The molecule has 1 aliphatic heterocycles. The van der Waals surface area contributed by atoms with E-state index in [1.54, 1.807) is 0 Å². The molecule has 0 spiro atoms. The third-order valence-electron chi connectivity index (χ3n) is 3.50. The average molecular weight is 194 g/mol. The third-order valence-corrected chi connectivity index (χ3v) is 3.50. The smallest absolute Gasteiger partial charge is 0.501 e. The zero-order chi connectivity index (χ0) is 10.6. The van der Waals surface area contributed by atoms with Gasteiger partial charge in [0.15, 0.2) is 0 Å². The molecule has 0 saturated heterocycles. The van der Waals surface area contributed by atoms with E-state index in [-0.39, 0.29) is 10.8 Å². The lowest BCUT2D eigenvalue weighted by molar-refractivity contribution is 0.137. The highest BCUT2D eigenvalue weighted by atomic mass is 16.7. The van der Waals surface area contributed by atoms with Crippen LogP contribution in [-0.2, 0) is 9.31 Å². The Kier molecular flexibility index (Phi) is 1.77. The van der Waals surface area contributed by atoms with E-state index in [0.717, 1.165) is 5.76 Å². The Morgan fingerprint density at radius 1 is 1.21 bits per heavy atom. The Hall–Kier alpha value is -0.895. The molecule has 0 amide bonds. The summed E-state index contributed by atoms with van der Waals surface area (Å²) in [6.07, 6.45) is 3.96. The molecule has 76 valence electrons. The molecule has 1 aliphatic carbocycles. The van der Waals surface area contributed by atoms with Gasteiger partial charge in [-0.2, -0.15) is 0 Å². The van der Waals surface area contributed by atoms with E-state index in [1.165, 1.54) is 0 Å². The lowest BCUT2D eigenvalue weighted by atomic mass is 9.64. The van der Waals surface area contributed by atoms with E-state index in [4.69, 9.17) is 9.31 Å². The minimum atomic E-state index is -1.14. The van der Waals surface area contributed by atoms with Gasteiger partial charge in [0.1, 0.15) is 11.5 Å². The van der Waals surface area contributed by atoms with Gasteiger partial charge in [0.2, 0.25) is 0 Å². The average Bonchev–Trinajstić information content (AvgIpc) is 2.42. The molecule has 2 aliphatic rings. The van der Waals surface area contributed by atoms with Gasteiger partial charge in [-0.1, -0.05) is 33.8 Å². The lowest BCUT2D eigenvalue weighted by Crippen LogP contribution is -2.35. The van der Waals surface area contributed by atoms with Gasteiger partial charge in [0, 0.05) is 5.41 Å². The van der Waals surface area contributed by atoms with Crippen LogP contribution in [-0.4, -0.2) is 12.3 Å². The Labute approximate surface area is 84.6 Å². The summed E-state index contributed by atoms with van der Waals surface area (Å²) in [6.45, 7) is 8.46. The molecule has 2 rings (SSSR count). The van der Waals surface area contributed by atoms with Crippen molar-refractivity contribution in [1.29, 1.82) is 0 Å². The van der Waals surface area contributed by atoms with Crippen LogP contribution in [0.5, 0.6) is 0 Å². The van der Waals surface area contributed by atoms with E-state index in [0.29, 0.717) is 5.76 Å². The molecule has 0 fully saturated rings. The summed E-state index contributed by atoms with van der Waals surface area (Å²) in [5, 5.41) is 9.24. The molecule has 0 aromatic rings. The second-order valence-corrected chi connectivity index (χ2v) is 4.92. The summed E-state index contributed by atoms with van der Waals surface area (Å²) in [5.41, 5.74) is -0.159. The van der Waals surface area contributed by atoms with Crippen molar-refractivity contribution in [3.63, 3.8) is 0 Å². The molecule has 3 nitrogen and oxygen atoms in total. The minimum absolute atomic E-state index is 0.000741. The van der Waals surface area contributed by atoms with Crippen molar-refractivity contribution in [2.45, 2.75) is 27.7 Å². The SMILES string of the molecule is CC1(C)C=CC2=C(OB(O)O2)C1(C)C. The predicted molar refractivity (Wildman–Crippen MR) is 53.9 cm³/mol. The summed E-state index contributed by atoms with van der Waals surface area (Å²) in [7, 11) is -1.14. The van der Waals surface area contributed by atoms with Crippen molar-refractivity contribution in [3.8, 4) is 0 Å². The van der Waals surface area contributed by atoms with E-state index in [9.17, 15) is 5.02 Å². The molecule has 0 bridgehead atoms. The summed E-state index contributed by atoms with van der Waals surface area (Å²) in [5.74, 6) is 1.40. The molecule has 0 aromatic carbocycles. The van der Waals surface area contributed by atoms with Gasteiger partial charge in [-0.3, -0.25) is 0 Å². The number of hydrogen-bond donors (Lipinski definition) is 1. The first-order valence-corrected chi connectivity index (χ1v) is 4.80. The standard InChI is InChI=1S/C10H15BO3/c1-9(2)6-5-7-8(10(9,3)4)14-11(12)13-7/h5-6,12H,1-4H3. The second kappa shape index (κ2) is 2.57. The summed E-state index contributed by atoms with van der Waals surface area (Å²) in [4.78, 5) is 0. The topological polar surface area (TPSA) is 38.7 Å². The van der Waals surface area contributed by atoms with Crippen LogP contribution in [0.3, 0.4) is 0 Å². The highest BCUT2D eigenvalue weighted by molar-refractivity contribution is 6.36. The van der Waals surface area contributed by atoms with E-state index < -0.39 is 7.32 Å². The predicted octanol–water partition coefficient (Wildman–Crippen LogP) is 1.84. The maximum atomic E-state index is 9.24. The Bertz CT molecular complexity index is 328. The maximum Gasteiger partial charge on any atom is 0.785 e. The Morgan fingerprint density at radius 2 is 1.86 bits per heavy atom. The monoisotopic (exact) mass is 194 g/mol. The minimum Gasteiger partial charge on any atom is -0.501 e. The first-order valence-electron chi connectivity index (χ1n) is 4.80. The molecule has 0 saturated carbocycles. The van der Waals surface area contributed by atoms with Crippen LogP contribution in [0.1, 0.15) is 27.7 Å². The van der Waals surface area contributed by atoms with Crippen LogP contribution < -0.4 is 0 Å². The van der Waals surface area contributed by atoms with Crippen molar-refractivity contribution in [3.05, 3.63) is 23.7 Å². The summed E-state index contributed by atoms with van der Waals surface area (Å²) in [6, 6.07) is 0. The zero-order valence-corrected chi connectivity index (χ0v) is 9.00. The molecular weight excluding hydrogens is 179 g/mol. The number of rotatable bonds is 0. The fourth-order valence-corrected chi connectivity index (χ4v) is 1.70. The van der Waals surface area contributed by atoms with Crippen LogP contribution >= 0.6 is 0 Å². The molecule has 0 aromatic heterocycles. The highest BCUT2D eigenvalue weighted by Gasteiger charge is 2.49. The highest BCUT2D eigenvalue weighted by Crippen LogP contribution is 2.51. The fourth-order valence-electron chi connectivity index (χ4n) is 1.70. The summed E-state index contributed by atoms with van der Waals surface area (Å²) < 4.78 is 10.4. The largest absolute Gasteiger partial charge is 0.785 e. The molecule has 4 heteroatoms. The van der Waals surface area contributed by atoms with Crippen molar-refractivity contribution in [1.82, 2.24) is 0 Å². The van der Waals surface area contributed by atoms with Gasteiger partial charge >= 0.3 is 7.32 Å². The van der Waals surface area contributed by atoms with Crippen molar-refractivity contribution < 1.29 is 14.3 Å². The quantitative estimate of drug-likeness (QED) is 0.598. The first kappa shape index (κ1) is 9.65. The molecule has 1 heterocycles. The molecule has 14 heavy (non-hydrogen) atoms. The van der Waals surface area contributed by atoms with E-state index in [2.05, 4.69) is 33.8 Å². The first-order chi connectivity index (χ1) is 6.34. The third kappa shape index (κ3) is 1.10. The lowest BCUT2D eigenvalue weighted by Gasteiger charge is -2.41. The number of hydrogen-bond acceptors (Lipinski definition) is 3. The van der Waals surface area contributed by atoms with Gasteiger partial charge < -0.3 is 14.3 Å². The second-order valence-electron chi connectivity index (χ2n) is 4.92. The van der Waals surface area contributed by atoms with Gasteiger partial charge in [-0.05, 0) is 11.5 Å². The molecule has 0 unspecified atom stereocenters. The van der Waals surface area contributed by atoms with Crippen molar-refractivity contribution >= 4 is 7.32 Å². The molecule has 1 N–H and O–H groups in total. The van der Waals surface area contributed by atoms with E-state index in [1.807, 2.05) is 6.08 Å². The van der Waals surface area contributed by atoms with Crippen molar-refractivity contribution in [2.24, 2.45) is 10.8 Å². The Balaban J connectivity index is 2.43. The fraction of sp³-hybridized carbons (Fsp3) is 0.600. The van der Waals surface area contributed by atoms with Gasteiger partial charge in [-0.25, -0.2) is 0 Å². The molecule has 0 radical (unpaired) electrons. The molecule has 0 atom stereocenters. The van der Waals surface area contributed by atoms with Crippen LogP contribution in [0, 0.1) is 10.8 Å².